The summed E-state index contributed by atoms with van der Waals surface area (Å²) < 4.78 is 31.3. The number of aliphatic hydroxyl groups is 2. The van der Waals surface area contributed by atoms with E-state index in [0.717, 1.165) is 6.42 Å². The Morgan fingerprint density at radius 1 is 1.08 bits per heavy atom. The number of hydrogen-bond donors (Lipinski definition) is 4. The summed E-state index contributed by atoms with van der Waals surface area (Å²) in [6.07, 6.45) is 0.591. The Morgan fingerprint density at radius 3 is 2.46 bits per heavy atom. The molecule has 5 aliphatic carbocycles. The normalized spacial score (nSPS) is 44.4. The number of nitrogens with two attached hydrogens (primary N) is 1. The van der Waals surface area contributed by atoms with Crippen LogP contribution in [0.1, 0.15) is 56.3 Å². The fourth-order valence-corrected chi connectivity index (χ4v) is 12.6. The first-order chi connectivity index (χ1) is 23.8. The minimum absolute atomic E-state index is 0.0405. The van der Waals surface area contributed by atoms with Crippen LogP contribution in [0.25, 0.3) is 0 Å². The highest BCUT2D eigenvalue weighted by Crippen LogP contribution is 2.80. The van der Waals surface area contributed by atoms with Crippen LogP contribution < -0.4 is 11.1 Å². The molecule has 1 heterocycles. The number of nitrogens with zero attached hydrogens (tertiary/aromatic N) is 1. The number of nitrogens with one attached hydrogen (secondary N) is 1. The number of fused-ring (bicyclic) bond motifs is 2. The van der Waals surface area contributed by atoms with Gasteiger partial charge < -0.3 is 44.9 Å². The first kappa shape index (κ1) is 35.7. The van der Waals surface area contributed by atoms with Gasteiger partial charge in [-0.15, -0.1) is 0 Å². The number of carbonyl (C=O) groups excluding carboxylic acids is 3. The van der Waals surface area contributed by atoms with Crippen molar-refractivity contribution >= 4 is 23.5 Å². The average molecular weight is 700 g/mol. The van der Waals surface area contributed by atoms with Crippen LogP contribution in [-0.4, -0.2) is 123 Å². The lowest BCUT2D eigenvalue weighted by molar-refractivity contribution is -0.320. The number of esters is 1. The molecule has 14 atom stereocenters. The molecule has 7 bridgehead atoms. The van der Waals surface area contributed by atoms with Crippen molar-refractivity contribution in [2.45, 2.75) is 87.6 Å². The van der Waals surface area contributed by atoms with E-state index >= 15 is 0 Å². The number of carbonyl (C=O) groups is 3. The number of ether oxygens (including phenoxy) is 5. The number of piperidine rings is 1. The maximum Gasteiger partial charge on any atom is 0.340 e. The third-order valence-electron chi connectivity index (χ3n) is 14.2. The summed E-state index contributed by atoms with van der Waals surface area (Å²) in [7, 11) is 6.69. The third kappa shape index (κ3) is 4.46. The zero-order chi connectivity index (χ0) is 36.0. The molecule has 1 spiro atoms. The predicted octanol–water partition coefficient (Wildman–Crippen LogP) is 1.59. The predicted molar refractivity (Wildman–Crippen MR) is 180 cm³/mol. The first-order valence-corrected chi connectivity index (χ1v) is 18.0. The number of amides is 2. The first-order valence-electron chi connectivity index (χ1n) is 18.0. The van der Waals surface area contributed by atoms with Crippen LogP contribution in [0.15, 0.2) is 24.3 Å². The second-order valence-electron chi connectivity index (χ2n) is 15.9. The molecule has 1 aromatic rings. The molecule has 1 saturated heterocycles. The standard InChI is InChI=1S/C37H53N3O10/c1-7-40-17-34(18-50-32(43)20-10-8-9-11-23(20)39-26(41)14-19(2)31(38)42)13-12-25(47-4)36-22-15-21-24(46-3)16-35(44,27(22)28(21)48-5)37(45,33(36)40)30(49-6)29(34)36/h8-11,19,21-22,24-25,27-30,33,44-45H,7,12-18H2,1-6H3,(H2,38,42)(H,39,41)/t19-,21-,22-,24+,25+,27-,28+,29-,30+,33+,34+,35-,36+,37-/m1/s1. The number of rotatable bonds is 12. The van der Waals surface area contributed by atoms with Gasteiger partial charge in [0.2, 0.25) is 11.8 Å². The molecule has 5 N–H and O–H groups in total. The molecule has 13 heteroatoms. The number of likely N-dealkylation sites (N-methyl/N-ethyl adjacent to an activating group) is 1. The summed E-state index contributed by atoms with van der Waals surface area (Å²) in [5.74, 6) is -3.01. The van der Waals surface area contributed by atoms with Crippen molar-refractivity contribution in [2.24, 2.45) is 46.2 Å². The van der Waals surface area contributed by atoms with Gasteiger partial charge in [0.1, 0.15) is 11.2 Å². The molecule has 50 heavy (non-hydrogen) atoms. The Hall–Kier alpha value is -2.65. The van der Waals surface area contributed by atoms with Crippen molar-refractivity contribution < 1.29 is 48.3 Å². The van der Waals surface area contributed by atoms with Gasteiger partial charge in [0, 0.05) is 82.3 Å². The van der Waals surface area contributed by atoms with E-state index in [9.17, 15) is 24.6 Å². The molecule has 6 aliphatic rings. The summed E-state index contributed by atoms with van der Waals surface area (Å²) in [4.78, 5) is 40.5. The molecule has 0 unspecified atom stereocenters. The Kier molecular flexibility index (Phi) is 8.93. The highest BCUT2D eigenvalue weighted by Gasteiger charge is 2.91. The Labute approximate surface area is 293 Å². The highest BCUT2D eigenvalue weighted by molar-refractivity contribution is 6.02. The Morgan fingerprint density at radius 2 is 1.82 bits per heavy atom. The van der Waals surface area contributed by atoms with Gasteiger partial charge in [-0.05, 0) is 43.9 Å². The summed E-state index contributed by atoms with van der Waals surface area (Å²) in [5.41, 5.74) is 1.27. The van der Waals surface area contributed by atoms with Crippen LogP contribution in [0, 0.1) is 40.4 Å². The SMILES string of the molecule is CCN1C[C@]2(COC(=O)c3ccccc3NC(=O)C[C@@H](C)C(N)=O)CC[C@H](OC)[C@@]34[C@@H]5C[C@H]6[C@H](OC)[C@@H]5[C@](O)(C[C@@H]6OC)[C@@](O)([C@@H](OC)[C@H]23)[C@@H]14. The fraction of sp³-hybridized carbons (Fsp3) is 0.757. The molecule has 2 amide bonds. The van der Waals surface area contributed by atoms with Crippen molar-refractivity contribution in [1.82, 2.24) is 4.90 Å². The van der Waals surface area contributed by atoms with Crippen molar-refractivity contribution in [3.05, 3.63) is 29.8 Å². The lowest BCUT2D eigenvalue weighted by atomic mass is 9.42. The van der Waals surface area contributed by atoms with E-state index in [0.29, 0.717) is 25.9 Å². The van der Waals surface area contributed by atoms with E-state index in [-0.39, 0.29) is 72.7 Å². The van der Waals surface area contributed by atoms with Crippen LogP contribution in [0.4, 0.5) is 5.69 Å². The van der Waals surface area contributed by atoms with Crippen LogP contribution in [0.2, 0.25) is 0 Å². The lowest BCUT2D eigenvalue weighted by Crippen LogP contribution is -2.82. The van der Waals surface area contributed by atoms with Crippen LogP contribution >= 0.6 is 0 Å². The van der Waals surface area contributed by atoms with Crippen LogP contribution in [0.3, 0.4) is 0 Å². The van der Waals surface area contributed by atoms with Gasteiger partial charge in [-0.25, -0.2) is 4.79 Å². The molecular formula is C37H53N3O10. The molecule has 7 rings (SSSR count). The minimum Gasteiger partial charge on any atom is -0.461 e. The minimum atomic E-state index is -1.70. The number of para-hydroxylation sites is 1. The van der Waals surface area contributed by atoms with Gasteiger partial charge in [-0.2, -0.15) is 0 Å². The zero-order valence-electron chi connectivity index (χ0n) is 29.9. The number of likely N-dealkylation sites (tertiary alicyclic amines) is 1. The number of hydrogen-bond acceptors (Lipinski definition) is 11. The average Bonchev–Trinajstić information content (AvgIpc) is 3.52. The van der Waals surface area contributed by atoms with E-state index in [1.165, 1.54) is 0 Å². The second kappa shape index (κ2) is 12.5. The highest BCUT2D eigenvalue weighted by atomic mass is 16.5. The van der Waals surface area contributed by atoms with Crippen molar-refractivity contribution in [1.29, 1.82) is 0 Å². The van der Waals surface area contributed by atoms with E-state index in [4.69, 9.17) is 29.4 Å². The third-order valence-corrected chi connectivity index (χ3v) is 14.2. The van der Waals surface area contributed by atoms with Gasteiger partial charge in [0.15, 0.2) is 0 Å². The Bertz CT molecular complexity index is 1530. The van der Waals surface area contributed by atoms with Gasteiger partial charge in [0.05, 0.1) is 48.3 Å². The van der Waals surface area contributed by atoms with Crippen molar-refractivity contribution in [2.75, 3.05) is 53.5 Å². The summed E-state index contributed by atoms with van der Waals surface area (Å²) in [6, 6.07) is 6.16. The Balaban J connectivity index is 1.28. The zero-order valence-corrected chi connectivity index (χ0v) is 29.9. The van der Waals surface area contributed by atoms with Gasteiger partial charge in [-0.1, -0.05) is 26.0 Å². The second-order valence-corrected chi connectivity index (χ2v) is 15.9. The molecule has 13 nitrogen and oxygen atoms in total. The largest absolute Gasteiger partial charge is 0.461 e. The summed E-state index contributed by atoms with van der Waals surface area (Å²) in [6.45, 7) is 4.82. The molecule has 0 radical (unpaired) electrons. The summed E-state index contributed by atoms with van der Waals surface area (Å²) >= 11 is 0. The van der Waals surface area contributed by atoms with E-state index in [1.807, 2.05) is 0 Å². The number of primary amides is 1. The van der Waals surface area contributed by atoms with Crippen LogP contribution in [0.5, 0.6) is 0 Å². The molecule has 1 aliphatic heterocycles. The van der Waals surface area contributed by atoms with E-state index in [1.54, 1.807) is 59.6 Å². The molecule has 276 valence electrons. The maximum atomic E-state index is 13.9. The van der Waals surface area contributed by atoms with E-state index < -0.39 is 57.9 Å². The fourth-order valence-electron chi connectivity index (χ4n) is 12.6. The number of methoxy groups -OCH3 is 4. The maximum absolute atomic E-state index is 13.9. The van der Waals surface area contributed by atoms with E-state index in [2.05, 4.69) is 17.1 Å². The molecular weight excluding hydrogens is 646 g/mol. The topological polar surface area (TPSA) is 179 Å². The molecule has 0 aromatic heterocycles. The van der Waals surface area contributed by atoms with Gasteiger partial charge >= 0.3 is 5.97 Å². The smallest absolute Gasteiger partial charge is 0.340 e. The van der Waals surface area contributed by atoms with Crippen molar-refractivity contribution in [3.8, 4) is 0 Å². The van der Waals surface area contributed by atoms with Crippen molar-refractivity contribution in [3.63, 3.8) is 0 Å². The quantitative estimate of drug-likeness (QED) is 0.233. The number of anilines is 1. The lowest BCUT2D eigenvalue weighted by Gasteiger charge is -2.70. The molecule has 1 aromatic carbocycles. The molecule has 6 fully saturated rings. The summed E-state index contributed by atoms with van der Waals surface area (Å²) in [5, 5.41) is 29.3. The van der Waals surface area contributed by atoms with Gasteiger partial charge in [-0.3, -0.25) is 14.5 Å². The number of benzene rings is 1. The monoisotopic (exact) mass is 699 g/mol. The van der Waals surface area contributed by atoms with Crippen LogP contribution in [-0.2, 0) is 33.3 Å². The molecule has 5 saturated carbocycles. The van der Waals surface area contributed by atoms with Gasteiger partial charge in [0.25, 0.3) is 0 Å².